The van der Waals surface area contributed by atoms with Crippen LogP contribution in [-0.4, -0.2) is 60.0 Å². The van der Waals surface area contributed by atoms with E-state index in [2.05, 4.69) is 25.7 Å². The second-order valence-corrected chi connectivity index (χ2v) is 10.9. The number of rotatable bonds is 7. The van der Waals surface area contributed by atoms with E-state index in [0.717, 1.165) is 48.2 Å². The molecule has 0 amide bonds. The molecule has 0 radical (unpaired) electrons. The summed E-state index contributed by atoms with van der Waals surface area (Å²) < 4.78 is 14.2. The summed E-state index contributed by atoms with van der Waals surface area (Å²) in [5, 5.41) is 9.69. The summed E-state index contributed by atoms with van der Waals surface area (Å²) in [6, 6.07) is 13.7. The Hall–Kier alpha value is -3.63. The monoisotopic (exact) mass is 592 g/mol. The van der Waals surface area contributed by atoms with E-state index in [9.17, 15) is 14.7 Å². The molecule has 1 atom stereocenters. The smallest absolute Gasteiger partial charge is 0.341 e. The molecule has 2 aliphatic heterocycles. The SMILES string of the molecule is COCC1CCCN1c1nc2ccc(-n3cc(C(=O)O)c(=O)cc3-c3ccc(N4CCCC4)c(Br)c3)cc2o1. The Morgan fingerprint density at radius 2 is 1.95 bits per heavy atom. The number of hydrogen-bond acceptors (Lipinski definition) is 7. The maximum atomic E-state index is 12.8. The number of carboxylic acids is 1. The van der Waals surface area contributed by atoms with Crippen LogP contribution in [0.15, 0.2) is 62.3 Å². The molecule has 0 bridgehead atoms. The number of carboxylic acid groups (broad SMARTS) is 1. The number of pyridine rings is 1. The molecule has 2 saturated heterocycles. The summed E-state index contributed by atoms with van der Waals surface area (Å²) in [4.78, 5) is 33.8. The van der Waals surface area contributed by atoms with Gasteiger partial charge in [0.25, 0.3) is 6.01 Å². The molecule has 9 nitrogen and oxygen atoms in total. The van der Waals surface area contributed by atoms with Crippen molar-refractivity contribution in [1.82, 2.24) is 9.55 Å². The number of benzene rings is 2. The van der Waals surface area contributed by atoms with Gasteiger partial charge >= 0.3 is 5.97 Å². The molecule has 10 heteroatoms. The second kappa shape index (κ2) is 10.5. The lowest BCUT2D eigenvalue weighted by Crippen LogP contribution is -2.32. The number of nitrogens with zero attached hydrogens (tertiary/aromatic N) is 4. The predicted molar refractivity (Wildman–Crippen MR) is 153 cm³/mol. The van der Waals surface area contributed by atoms with Gasteiger partial charge in [-0.1, -0.05) is 6.07 Å². The van der Waals surface area contributed by atoms with Crippen molar-refractivity contribution in [3.05, 3.63) is 68.9 Å². The van der Waals surface area contributed by atoms with Crippen molar-refractivity contribution in [2.24, 2.45) is 0 Å². The Labute approximate surface area is 233 Å². The fraction of sp³-hybridized carbons (Fsp3) is 0.345. The largest absolute Gasteiger partial charge is 0.477 e. The van der Waals surface area contributed by atoms with Crippen LogP contribution >= 0.6 is 15.9 Å². The third kappa shape index (κ3) is 4.83. The lowest BCUT2D eigenvalue weighted by atomic mass is 10.1. The summed E-state index contributed by atoms with van der Waals surface area (Å²) in [7, 11) is 1.70. The second-order valence-electron chi connectivity index (χ2n) is 10.1. The van der Waals surface area contributed by atoms with Crippen LogP contribution in [-0.2, 0) is 4.74 Å². The normalized spacial score (nSPS) is 17.4. The summed E-state index contributed by atoms with van der Waals surface area (Å²) >= 11 is 3.71. The van der Waals surface area contributed by atoms with Gasteiger partial charge in [-0.25, -0.2) is 4.79 Å². The molecule has 2 aromatic heterocycles. The molecule has 0 spiro atoms. The zero-order valence-corrected chi connectivity index (χ0v) is 23.2. The molecule has 4 aromatic rings. The van der Waals surface area contributed by atoms with Crippen LogP contribution < -0.4 is 15.2 Å². The van der Waals surface area contributed by atoms with E-state index in [1.807, 2.05) is 36.4 Å². The number of anilines is 2. The molecule has 1 N–H and O–H groups in total. The molecule has 2 fully saturated rings. The number of fused-ring (bicyclic) bond motifs is 1. The van der Waals surface area contributed by atoms with Gasteiger partial charge in [-0.3, -0.25) is 4.79 Å². The minimum atomic E-state index is -1.27. The summed E-state index contributed by atoms with van der Waals surface area (Å²) in [5.41, 5.74) is 3.58. The van der Waals surface area contributed by atoms with E-state index in [0.29, 0.717) is 35.1 Å². The highest BCUT2D eigenvalue weighted by Crippen LogP contribution is 2.35. The highest BCUT2D eigenvalue weighted by Gasteiger charge is 2.28. The van der Waals surface area contributed by atoms with E-state index in [4.69, 9.17) is 14.1 Å². The van der Waals surface area contributed by atoms with E-state index >= 15 is 0 Å². The van der Waals surface area contributed by atoms with Crippen LogP contribution in [0.25, 0.3) is 28.0 Å². The van der Waals surface area contributed by atoms with Gasteiger partial charge in [0.05, 0.1) is 24.0 Å². The molecule has 4 heterocycles. The van der Waals surface area contributed by atoms with E-state index in [-0.39, 0.29) is 11.6 Å². The molecule has 0 saturated carbocycles. The average Bonchev–Trinajstić information content (AvgIpc) is 3.69. The Kier molecular flexibility index (Phi) is 6.90. The van der Waals surface area contributed by atoms with Crippen LogP contribution in [0.3, 0.4) is 0 Å². The highest BCUT2D eigenvalue weighted by atomic mass is 79.9. The first-order valence-electron chi connectivity index (χ1n) is 13.1. The van der Waals surface area contributed by atoms with Gasteiger partial charge in [-0.15, -0.1) is 0 Å². The van der Waals surface area contributed by atoms with Gasteiger partial charge in [0.2, 0.25) is 0 Å². The number of aromatic carboxylic acids is 1. The first-order valence-corrected chi connectivity index (χ1v) is 13.9. The number of aromatic nitrogens is 2. The Morgan fingerprint density at radius 1 is 1.13 bits per heavy atom. The topological polar surface area (TPSA) is 101 Å². The van der Waals surface area contributed by atoms with Crippen LogP contribution in [0.2, 0.25) is 0 Å². The van der Waals surface area contributed by atoms with Crippen molar-refractivity contribution in [1.29, 1.82) is 0 Å². The zero-order chi connectivity index (χ0) is 27.1. The fourth-order valence-electron chi connectivity index (χ4n) is 5.64. The van der Waals surface area contributed by atoms with Gasteiger partial charge in [-0.2, -0.15) is 4.98 Å². The van der Waals surface area contributed by atoms with Gasteiger partial charge in [0, 0.05) is 55.2 Å². The maximum Gasteiger partial charge on any atom is 0.341 e. The van der Waals surface area contributed by atoms with E-state index in [1.54, 1.807) is 11.7 Å². The number of carbonyl (C=O) groups is 1. The van der Waals surface area contributed by atoms with Crippen molar-refractivity contribution in [2.45, 2.75) is 31.7 Å². The number of ether oxygens (including phenoxy) is 1. The Morgan fingerprint density at radius 3 is 2.69 bits per heavy atom. The number of methoxy groups -OCH3 is 1. The standard InChI is InChI=1S/C29H29BrN4O5/c1-38-17-20-5-4-12-33(20)29-31-23-8-7-19(14-27(23)39-29)34-16-21(28(36)37)26(35)15-25(34)18-6-9-24(22(30)13-18)32-10-2-3-11-32/h6-9,13-16,20H,2-5,10-12,17H2,1H3,(H,36,37). The van der Waals surface area contributed by atoms with Crippen LogP contribution in [0.5, 0.6) is 0 Å². The molecule has 202 valence electrons. The Bertz CT molecular complexity index is 1610. The number of oxazole rings is 1. The van der Waals surface area contributed by atoms with Crippen LogP contribution in [0, 0.1) is 0 Å². The third-order valence-corrected chi connectivity index (χ3v) is 8.23. The first kappa shape index (κ1) is 25.6. The molecule has 6 rings (SSSR count). The average molecular weight is 593 g/mol. The zero-order valence-electron chi connectivity index (χ0n) is 21.6. The van der Waals surface area contributed by atoms with Gasteiger partial charge < -0.3 is 28.6 Å². The first-order chi connectivity index (χ1) is 18.9. The summed E-state index contributed by atoms with van der Waals surface area (Å²) in [5.74, 6) is -1.27. The lowest BCUT2D eigenvalue weighted by molar-refractivity contribution is 0.0695. The van der Waals surface area contributed by atoms with Crippen LogP contribution in [0.1, 0.15) is 36.0 Å². The molecule has 0 aliphatic carbocycles. The molecular weight excluding hydrogens is 564 g/mol. The van der Waals surface area contributed by atoms with Crippen molar-refractivity contribution in [3.63, 3.8) is 0 Å². The van der Waals surface area contributed by atoms with Gasteiger partial charge in [0.15, 0.2) is 11.0 Å². The number of hydrogen-bond donors (Lipinski definition) is 1. The summed E-state index contributed by atoms with van der Waals surface area (Å²) in [6.07, 6.45) is 5.78. The predicted octanol–water partition coefficient (Wildman–Crippen LogP) is 5.32. The molecular formula is C29H29BrN4O5. The van der Waals surface area contributed by atoms with Crippen molar-refractivity contribution in [2.75, 3.05) is 43.2 Å². The third-order valence-electron chi connectivity index (χ3n) is 7.59. The maximum absolute atomic E-state index is 12.8. The lowest BCUT2D eigenvalue weighted by Gasteiger charge is -2.21. The highest BCUT2D eigenvalue weighted by molar-refractivity contribution is 9.10. The molecule has 39 heavy (non-hydrogen) atoms. The van der Waals surface area contributed by atoms with Gasteiger partial charge in [-0.05, 0) is 71.4 Å². The van der Waals surface area contributed by atoms with Crippen LogP contribution in [0.4, 0.5) is 11.7 Å². The quantitative estimate of drug-likeness (QED) is 0.307. The Balaban J connectivity index is 1.43. The molecule has 2 aliphatic rings. The van der Waals surface area contributed by atoms with E-state index < -0.39 is 11.4 Å². The van der Waals surface area contributed by atoms with Crippen molar-refractivity contribution < 1.29 is 19.1 Å². The molecule has 1 unspecified atom stereocenters. The summed E-state index contributed by atoms with van der Waals surface area (Å²) in [6.45, 7) is 3.48. The molecule has 2 aromatic carbocycles. The fourth-order valence-corrected chi connectivity index (χ4v) is 6.27. The minimum Gasteiger partial charge on any atom is -0.477 e. The minimum absolute atomic E-state index is 0.216. The van der Waals surface area contributed by atoms with E-state index in [1.165, 1.54) is 25.1 Å². The van der Waals surface area contributed by atoms with Crippen molar-refractivity contribution >= 4 is 44.7 Å². The van der Waals surface area contributed by atoms with Crippen molar-refractivity contribution in [3.8, 4) is 16.9 Å². The van der Waals surface area contributed by atoms with Gasteiger partial charge in [0.1, 0.15) is 11.1 Å². The number of halogens is 1.